The Morgan fingerprint density at radius 2 is 2.19 bits per heavy atom. The summed E-state index contributed by atoms with van der Waals surface area (Å²) in [5.41, 5.74) is 6.00. The third-order valence-corrected chi connectivity index (χ3v) is 5.41. The van der Waals surface area contributed by atoms with Crippen LogP contribution in [0.25, 0.3) is 0 Å². The molecule has 1 aliphatic heterocycles. The first-order valence-corrected chi connectivity index (χ1v) is 7.06. The van der Waals surface area contributed by atoms with Gasteiger partial charge < -0.3 is 10.8 Å². The van der Waals surface area contributed by atoms with Crippen molar-refractivity contribution in [1.29, 1.82) is 0 Å². The highest BCUT2D eigenvalue weighted by molar-refractivity contribution is 7.99. The molecule has 3 N–H and O–H groups in total. The monoisotopic (exact) mass is 245 g/mol. The average Bonchev–Trinajstić information content (AvgIpc) is 2.19. The number of aliphatic carboxylic acids is 1. The van der Waals surface area contributed by atoms with Gasteiger partial charge in [-0.25, -0.2) is 0 Å². The molecule has 0 aromatic rings. The third kappa shape index (κ3) is 2.38. The van der Waals surface area contributed by atoms with E-state index in [-0.39, 0.29) is 23.3 Å². The zero-order chi connectivity index (χ0) is 12.4. The smallest absolute Gasteiger partial charge is 0.304 e. The van der Waals surface area contributed by atoms with Crippen LogP contribution in [0, 0.1) is 10.8 Å². The van der Waals surface area contributed by atoms with Crippen molar-refractivity contribution in [2.75, 3.05) is 11.5 Å². The molecule has 1 heterocycles. The summed E-state index contributed by atoms with van der Waals surface area (Å²) in [6.07, 6.45) is 2.10. The molecular weight excluding hydrogens is 222 g/mol. The number of carboxylic acid groups (broad SMARTS) is 1. The van der Waals surface area contributed by atoms with E-state index in [1.165, 1.54) is 0 Å². The maximum atomic E-state index is 11.1. The van der Waals surface area contributed by atoms with Gasteiger partial charge in [0.2, 0.25) is 0 Å². The number of thioether (sulfide) groups is 1. The Morgan fingerprint density at radius 3 is 2.62 bits per heavy atom. The molecular formula is C12H23NO2S. The van der Waals surface area contributed by atoms with Crippen molar-refractivity contribution >= 4 is 17.7 Å². The summed E-state index contributed by atoms with van der Waals surface area (Å²) in [5, 5.41) is 9.14. The van der Waals surface area contributed by atoms with Crippen molar-refractivity contribution in [3.05, 3.63) is 0 Å². The average molecular weight is 245 g/mol. The van der Waals surface area contributed by atoms with Crippen LogP contribution in [-0.2, 0) is 4.79 Å². The predicted molar refractivity (Wildman–Crippen MR) is 68.7 cm³/mol. The van der Waals surface area contributed by atoms with Crippen LogP contribution >= 0.6 is 11.8 Å². The first-order chi connectivity index (χ1) is 7.35. The lowest BCUT2D eigenvalue weighted by Crippen LogP contribution is -2.56. The Hall–Kier alpha value is -0.220. The zero-order valence-corrected chi connectivity index (χ0v) is 11.3. The zero-order valence-electron chi connectivity index (χ0n) is 10.5. The molecule has 0 radical (unpaired) electrons. The summed E-state index contributed by atoms with van der Waals surface area (Å²) in [6, 6.07) is -0.0219. The minimum absolute atomic E-state index is 0.0199. The van der Waals surface area contributed by atoms with E-state index in [1.807, 2.05) is 18.7 Å². The number of carboxylic acids is 1. The number of carbonyl (C=O) groups is 1. The van der Waals surface area contributed by atoms with Gasteiger partial charge >= 0.3 is 5.97 Å². The molecule has 0 aromatic heterocycles. The molecule has 1 aliphatic rings. The molecule has 3 nitrogen and oxygen atoms in total. The van der Waals surface area contributed by atoms with Gasteiger partial charge in [0.1, 0.15) is 0 Å². The van der Waals surface area contributed by atoms with Crippen molar-refractivity contribution < 1.29 is 9.90 Å². The highest BCUT2D eigenvalue weighted by atomic mass is 32.2. The Morgan fingerprint density at radius 1 is 1.56 bits per heavy atom. The molecule has 0 bridgehead atoms. The van der Waals surface area contributed by atoms with Crippen molar-refractivity contribution in [3.8, 4) is 0 Å². The number of rotatable bonds is 4. The lowest BCUT2D eigenvalue weighted by atomic mass is 9.59. The van der Waals surface area contributed by atoms with E-state index >= 15 is 0 Å². The van der Waals surface area contributed by atoms with Crippen molar-refractivity contribution in [2.45, 2.75) is 46.1 Å². The van der Waals surface area contributed by atoms with Gasteiger partial charge in [0.05, 0.1) is 6.42 Å². The van der Waals surface area contributed by atoms with Gasteiger partial charge in [0.25, 0.3) is 0 Å². The number of hydrogen-bond donors (Lipinski definition) is 2. The Balaban J connectivity index is 3.04. The molecule has 0 amide bonds. The fourth-order valence-electron chi connectivity index (χ4n) is 2.72. The van der Waals surface area contributed by atoms with E-state index < -0.39 is 5.97 Å². The standard InChI is InChI=1S/C12H23NO2S/c1-4-9(13)12(7-10(14)15)8-16-6-5-11(12,2)3/h9H,4-8,13H2,1-3H3,(H,14,15). The lowest BCUT2D eigenvalue weighted by Gasteiger charge is -2.52. The van der Waals surface area contributed by atoms with Crippen LogP contribution in [0.15, 0.2) is 0 Å². The van der Waals surface area contributed by atoms with Gasteiger partial charge in [-0.3, -0.25) is 4.79 Å². The summed E-state index contributed by atoms with van der Waals surface area (Å²) in [4.78, 5) is 11.1. The fraction of sp³-hybridized carbons (Fsp3) is 0.917. The highest BCUT2D eigenvalue weighted by Crippen LogP contribution is 2.53. The molecule has 2 unspecified atom stereocenters. The second-order valence-corrected chi connectivity index (χ2v) is 6.53. The van der Waals surface area contributed by atoms with Gasteiger partial charge in [-0.15, -0.1) is 0 Å². The van der Waals surface area contributed by atoms with E-state index in [0.717, 1.165) is 24.3 Å². The lowest BCUT2D eigenvalue weighted by molar-refractivity contribution is -0.142. The Labute approximate surface area is 102 Å². The van der Waals surface area contributed by atoms with Crippen LogP contribution in [-0.4, -0.2) is 28.6 Å². The maximum Gasteiger partial charge on any atom is 0.304 e. The molecule has 2 atom stereocenters. The molecule has 1 saturated heterocycles. The van der Waals surface area contributed by atoms with Crippen LogP contribution in [0.1, 0.15) is 40.0 Å². The molecule has 0 saturated carbocycles. The van der Waals surface area contributed by atoms with Gasteiger partial charge in [-0.05, 0) is 24.0 Å². The van der Waals surface area contributed by atoms with Crippen LogP contribution in [0.5, 0.6) is 0 Å². The quantitative estimate of drug-likeness (QED) is 0.798. The first kappa shape index (κ1) is 13.8. The second kappa shape index (κ2) is 4.96. The van der Waals surface area contributed by atoms with Crippen molar-refractivity contribution in [1.82, 2.24) is 0 Å². The van der Waals surface area contributed by atoms with Gasteiger partial charge in [-0.1, -0.05) is 20.8 Å². The summed E-state index contributed by atoms with van der Waals surface area (Å²) in [7, 11) is 0. The highest BCUT2D eigenvalue weighted by Gasteiger charge is 2.51. The minimum Gasteiger partial charge on any atom is -0.481 e. The SMILES string of the molecule is CCC(N)C1(CC(=O)O)CSCCC1(C)C. The van der Waals surface area contributed by atoms with Crippen LogP contribution in [0.3, 0.4) is 0 Å². The molecule has 4 heteroatoms. The third-order valence-electron chi connectivity index (χ3n) is 4.20. The summed E-state index contributed by atoms with van der Waals surface area (Å²) in [5.74, 6) is 1.27. The molecule has 0 aliphatic carbocycles. The topological polar surface area (TPSA) is 63.3 Å². The summed E-state index contributed by atoms with van der Waals surface area (Å²) < 4.78 is 0. The molecule has 16 heavy (non-hydrogen) atoms. The van der Waals surface area contributed by atoms with E-state index in [2.05, 4.69) is 13.8 Å². The maximum absolute atomic E-state index is 11.1. The van der Waals surface area contributed by atoms with Crippen LogP contribution in [0.2, 0.25) is 0 Å². The molecule has 0 aromatic carbocycles. The van der Waals surface area contributed by atoms with Crippen LogP contribution < -0.4 is 5.73 Å². The Bertz CT molecular complexity index is 268. The number of hydrogen-bond acceptors (Lipinski definition) is 3. The summed E-state index contributed by atoms with van der Waals surface area (Å²) >= 11 is 1.85. The molecule has 1 fully saturated rings. The summed E-state index contributed by atoms with van der Waals surface area (Å²) in [6.45, 7) is 6.39. The van der Waals surface area contributed by atoms with Crippen LogP contribution in [0.4, 0.5) is 0 Å². The number of nitrogens with two attached hydrogens (primary N) is 1. The van der Waals surface area contributed by atoms with E-state index in [9.17, 15) is 4.79 Å². The largest absolute Gasteiger partial charge is 0.481 e. The minimum atomic E-state index is -0.723. The van der Waals surface area contributed by atoms with E-state index in [1.54, 1.807) is 0 Å². The molecule has 94 valence electrons. The predicted octanol–water partition coefficient (Wildman–Crippen LogP) is 2.35. The first-order valence-electron chi connectivity index (χ1n) is 5.91. The van der Waals surface area contributed by atoms with Crippen molar-refractivity contribution in [3.63, 3.8) is 0 Å². The molecule has 1 rings (SSSR count). The second-order valence-electron chi connectivity index (χ2n) is 5.43. The van der Waals surface area contributed by atoms with Gasteiger partial charge in [-0.2, -0.15) is 11.8 Å². The van der Waals surface area contributed by atoms with Gasteiger partial charge in [0.15, 0.2) is 0 Å². The fourth-order valence-corrected chi connectivity index (χ4v) is 4.59. The van der Waals surface area contributed by atoms with E-state index in [0.29, 0.717) is 0 Å². The van der Waals surface area contributed by atoms with Crippen molar-refractivity contribution in [2.24, 2.45) is 16.6 Å². The van der Waals surface area contributed by atoms with E-state index in [4.69, 9.17) is 10.8 Å². The normalized spacial score (nSPS) is 31.0. The van der Waals surface area contributed by atoms with Gasteiger partial charge in [0, 0.05) is 17.2 Å². The molecule has 0 spiro atoms. The Kier molecular flexibility index (Phi) is 4.29.